The minimum Gasteiger partial charge on any atom is -0.300 e. The second-order valence-electron chi connectivity index (χ2n) is 5.49. The number of carbonyl (C=O) groups is 2. The molecule has 1 N–H and O–H groups in total. The molecule has 4 nitrogen and oxygen atoms in total. The number of nitrogens with zero attached hydrogens (tertiary/aromatic N) is 1. The lowest BCUT2D eigenvalue weighted by molar-refractivity contribution is -0.128. The molecule has 0 heterocycles. The maximum Gasteiger partial charge on any atom is 0.245 e. The molecule has 0 saturated carbocycles. The van der Waals surface area contributed by atoms with E-state index >= 15 is 0 Å². The second kappa shape index (κ2) is 6.27. The Balaban J connectivity index is 2.92. The Kier molecular flexibility index (Phi) is 4.98. The van der Waals surface area contributed by atoms with Crippen LogP contribution in [0.4, 0.5) is 0 Å². The summed E-state index contributed by atoms with van der Waals surface area (Å²) in [7, 11) is 0. The average molecular weight is 260 g/mol. The highest BCUT2D eigenvalue weighted by atomic mass is 16.2. The summed E-state index contributed by atoms with van der Waals surface area (Å²) < 4.78 is 0. The fourth-order valence-corrected chi connectivity index (χ4v) is 1.36. The number of carbonyl (C=O) groups excluding carboxylic acids is 2. The molecule has 1 amide bonds. The molecule has 0 aliphatic heterocycles. The number of hydrazone groups is 1. The smallest absolute Gasteiger partial charge is 0.245 e. The lowest BCUT2D eigenvalue weighted by Crippen LogP contribution is -2.32. The van der Waals surface area contributed by atoms with E-state index < -0.39 is 5.41 Å². The first-order chi connectivity index (χ1) is 8.80. The molecule has 0 aliphatic carbocycles. The van der Waals surface area contributed by atoms with Gasteiger partial charge in [0, 0.05) is 5.41 Å². The van der Waals surface area contributed by atoms with E-state index in [1.807, 2.05) is 51.1 Å². The van der Waals surface area contributed by atoms with Crippen molar-refractivity contribution in [3.63, 3.8) is 0 Å². The Labute approximate surface area is 113 Å². The van der Waals surface area contributed by atoms with Crippen molar-refractivity contribution in [1.29, 1.82) is 0 Å². The summed E-state index contributed by atoms with van der Waals surface area (Å²) in [4.78, 5) is 23.1. The Hall–Kier alpha value is -1.97. The maximum atomic E-state index is 11.8. The highest BCUT2D eigenvalue weighted by molar-refractivity contribution is 6.10. The van der Waals surface area contributed by atoms with E-state index in [9.17, 15) is 9.59 Å². The Morgan fingerprint density at radius 1 is 1.16 bits per heavy atom. The molecule has 0 aliphatic rings. The first-order valence-corrected chi connectivity index (χ1v) is 6.22. The summed E-state index contributed by atoms with van der Waals surface area (Å²) >= 11 is 0. The van der Waals surface area contributed by atoms with Gasteiger partial charge < -0.3 is 0 Å². The van der Waals surface area contributed by atoms with Crippen molar-refractivity contribution in [2.75, 3.05) is 0 Å². The van der Waals surface area contributed by atoms with Gasteiger partial charge in [-0.2, -0.15) is 5.10 Å². The topological polar surface area (TPSA) is 58.5 Å². The van der Waals surface area contributed by atoms with Gasteiger partial charge in [-0.05, 0) is 12.5 Å². The van der Waals surface area contributed by atoms with E-state index in [0.29, 0.717) is 5.71 Å². The van der Waals surface area contributed by atoms with Crippen LogP contribution in [0.1, 0.15) is 39.7 Å². The van der Waals surface area contributed by atoms with Crippen molar-refractivity contribution in [1.82, 2.24) is 5.43 Å². The summed E-state index contributed by atoms with van der Waals surface area (Å²) in [5.74, 6) is -0.169. The van der Waals surface area contributed by atoms with Gasteiger partial charge >= 0.3 is 0 Å². The first-order valence-electron chi connectivity index (χ1n) is 6.22. The van der Waals surface area contributed by atoms with Crippen LogP contribution in [-0.4, -0.2) is 17.4 Å². The maximum absolute atomic E-state index is 11.8. The SMILES string of the molecule is CC(=O)C/C(=N\NC(=O)C(C)(C)C)c1ccccc1. The van der Waals surface area contributed by atoms with Crippen molar-refractivity contribution in [3.05, 3.63) is 35.9 Å². The molecule has 0 bridgehead atoms. The molecule has 19 heavy (non-hydrogen) atoms. The van der Waals surface area contributed by atoms with E-state index in [4.69, 9.17) is 0 Å². The third kappa shape index (κ3) is 5.04. The van der Waals surface area contributed by atoms with Crippen LogP contribution in [0.3, 0.4) is 0 Å². The molecule has 1 aromatic carbocycles. The molecule has 102 valence electrons. The summed E-state index contributed by atoms with van der Waals surface area (Å²) in [6.07, 6.45) is 0.203. The third-order valence-electron chi connectivity index (χ3n) is 2.50. The fraction of sp³-hybridized carbons (Fsp3) is 0.400. The molecule has 0 unspecified atom stereocenters. The number of Topliss-reactive ketones (excluding diaryl/α,β-unsaturated/α-hetero) is 1. The van der Waals surface area contributed by atoms with Gasteiger partial charge in [-0.1, -0.05) is 51.1 Å². The lowest BCUT2D eigenvalue weighted by Gasteiger charge is -2.15. The largest absolute Gasteiger partial charge is 0.300 e. The second-order valence-corrected chi connectivity index (χ2v) is 5.49. The molecule has 0 fully saturated rings. The Morgan fingerprint density at radius 3 is 2.21 bits per heavy atom. The summed E-state index contributed by atoms with van der Waals surface area (Å²) in [5.41, 5.74) is 3.43. The van der Waals surface area contributed by atoms with Crippen molar-refractivity contribution < 1.29 is 9.59 Å². The molecule has 0 saturated heterocycles. The van der Waals surface area contributed by atoms with Gasteiger partial charge in [-0.15, -0.1) is 0 Å². The molecule has 0 atom stereocenters. The fourth-order valence-electron chi connectivity index (χ4n) is 1.36. The summed E-state index contributed by atoms with van der Waals surface area (Å²) in [6.45, 7) is 6.94. The van der Waals surface area contributed by atoms with Crippen LogP contribution in [0.15, 0.2) is 35.4 Å². The van der Waals surface area contributed by atoms with Gasteiger partial charge in [0.1, 0.15) is 5.78 Å². The van der Waals surface area contributed by atoms with E-state index in [2.05, 4.69) is 10.5 Å². The Bertz CT molecular complexity index is 485. The van der Waals surface area contributed by atoms with Crippen molar-refractivity contribution in [3.8, 4) is 0 Å². The van der Waals surface area contributed by atoms with Crippen LogP contribution < -0.4 is 5.43 Å². The predicted octanol–water partition coefficient (Wildman–Crippen LogP) is 2.53. The number of benzene rings is 1. The monoisotopic (exact) mass is 260 g/mol. The number of nitrogens with one attached hydrogen (secondary N) is 1. The van der Waals surface area contributed by atoms with Gasteiger partial charge in [0.2, 0.25) is 5.91 Å². The minimum atomic E-state index is -0.512. The van der Waals surface area contributed by atoms with Crippen molar-refractivity contribution in [2.45, 2.75) is 34.1 Å². The van der Waals surface area contributed by atoms with Crippen LogP contribution in [0.25, 0.3) is 0 Å². The van der Waals surface area contributed by atoms with Crippen LogP contribution in [0, 0.1) is 5.41 Å². The summed E-state index contributed by atoms with van der Waals surface area (Å²) in [5, 5.41) is 4.10. The van der Waals surface area contributed by atoms with Crippen molar-refractivity contribution in [2.24, 2.45) is 10.5 Å². The van der Waals surface area contributed by atoms with E-state index in [1.165, 1.54) is 6.92 Å². The molecular weight excluding hydrogens is 240 g/mol. The zero-order chi connectivity index (χ0) is 14.5. The van der Waals surface area contributed by atoms with Gasteiger partial charge in [-0.3, -0.25) is 9.59 Å². The van der Waals surface area contributed by atoms with Crippen LogP contribution in [0.2, 0.25) is 0 Å². The Morgan fingerprint density at radius 2 is 1.74 bits per heavy atom. The van der Waals surface area contributed by atoms with E-state index in [-0.39, 0.29) is 18.1 Å². The number of rotatable bonds is 4. The normalized spacial score (nSPS) is 12.1. The van der Waals surface area contributed by atoms with Crippen LogP contribution in [-0.2, 0) is 9.59 Å². The van der Waals surface area contributed by atoms with Gasteiger partial charge in [0.15, 0.2) is 0 Å². The molecule has 1 rings (SSSR count). The highest BCUT2D eigenvalue weighted by Gasteiger charge is 2.21. The first kappa shape index (κ1) is 15.1. The summed E-state index contributed by atoms with van der Waals surface area (Å²) in [6, 6.07) is 9.37. The molecule has 0 aromatic heterocycles. The number of ketones is 1. The van der Waals surface area contributed by atoms with Gasteiger partial charge in [0.05, 0.1) is 12.1 Å². The molecule has 0 spiro atoms. The van der Waals surface area contributed by atoms with Gasteiger partial charge in [0.25, 0.3) is 0 Å². The molecule has 0 radical (unpaired) electrons. The number of hydrogen-bond donors (Lipinski definition) is 1. The number of hydrogen-bond acceptors (Lipinski definition) is 3. The quantitative estimate of drug-likeness (QED) is 0.668. The number of amides is 1. The highest BCUT2D eigenvalue weighted by Crippen LogP contribution is 2.12. The predicted molar refractivity (Wildman–Crippen MR) is 75.9 cm³/mol. The van der Waals surface area contributed by atoms with Gasteiger partial charge in [-0.25, -0.2) is 5.43 Å². The molecular formula is C15H20N2O2. The van der Waals surface area contributed by atoms with Crippen LogP contribution >= 0.6 is 0 Å². The van der Waals surface area contributed by atoms with Crippen molar-refractivity contribution >= 4 is 17.4 Å². The van der Waals surface area contributed by atoms with E-state index in [0.717, 1.165) is 5.56 Å². The standard InChI is InChI=1S/C15H20N2O2/c1-11(18)10-13(12-8-6-5-7-9-12)16-17-14(19)15(2,3)4/h5-9H,10H2,1-4H3,(H,17,19)/b16-13+. The third-order valence-corrected chi connectivity index (χ3v) is 2.50. The zero-order valence-corrected chi connectivity index (χ0v) is 11.9. The molecule has 1 aromatic rings. The average Bonchev–Trinajstić information content (AvgIpc) is 2.33. The van der Waals surface area contributed by atoms with Crippen LogP contribution in [0.5, 0.6) is 0 Å². The zero-order valence-electron chi connectivity index (χ0n) is 11.9. The van der Waals surface area contributed by atoms with E-state index in [1.54, 1.807) is 0 Å². The lowest BCUT2D eigenvalue weighted by atomic mass is 9.96. The molecule has 4 heteroatoms. The minimum absolute atomic E-state index is 0.00705.